The molecule has 1 aliphatic rings. The summed E-state index contributed by atoms with van der Waals surface area (Å²) < 4.78 is 0. The number of rotatable bonds is 3. The molecule has 3 nitrogen and oxygen atoms in total. The molecule has 1 aromatic carbocycles. The van der Waals surface area contributed by atoms with Crippen LogP contribution in [0.1, 0.15) is 16.8 Å². The van der Waals surface area contributed by atoms with E-state index in [1.54, 1.807) is 18.3 Å². The number of nitrogens with zero attached hydrogens (tertiary/aromatic N) is 1. The van der Waals surface area contributed by atoms with Gasteiger partial charge in [0.2, 0.25) is 0 Å². The molecule has 0 heterocycles. The summed E-state index contributed by atoms with van der Waals surface area (Å²) >= 11 is 0. The Labute approximate surface area is 94.2 Å². The van der Waals surface area contributed by atoms with Crippen molar-refractivity contribution in [1.29, 1.82) is 0 Å². The van der Waals surface area contributed by atoms with Gasteiger partial charge < -0.3 is 0 Å². The topological polar surface area (TPSA) is 41.5 Å². The van der Waals surface area contributed by atoms with Gasteiger partial charge >= 0.3 is 0 Å². The van der Waals surface area contributed by atoms with Gasteiger partial charge in [0.25, 0.3) is 5.91 Å². The van der Waals surface area contributed by atoms with Gasteiger partial charge in [-0.2, -0.15) is 5.10 Å². The molecule has 3 heteroatoms. The lowest BCUT2D eigenvalue weighted by Crippen LogP contribution is -2.17. The molecular formula is C13H12N2O. The summed E-state index contributed by atoms with van der Waals surface area (Å²) in [5.74, 6) is -0.191. The first-order valence-corrected chi connectivity index (χ1v) is 5.10. The molecule has 0 aromatic heterocycles. The molecule has 1 N–H and O–H groups in total. The summed E-state index contributed by atoms with van der Waals surface area (Å²) in [5, 5.41) is 3.90. The number of hydrogen-bond acceptors (Lipinski definition) is 2. The first kappa shape index (κ1) is 10.4. The van der Waals surface area contributed by atoms with E-state index >= 15 is 0 Å². The van der Waals surface area contributed by atoms with E-state index in [4.69, 9.17) is 0 Å². The van der Waals surface area contributed by atoms with Crippen molar-refractivity contribution in [3.05, 3.63) is 59.7 Å². The third-order valence-corrected chi connectivity index (χ3v) is 2.23. The Kier molecular flexibility index (Phi) is 3.28. The lowest BCUT2D eigenvalue weighted by molar-refractivity contribution is 0.0955. The van der Waals surface area contributed by atoms with Crippen molar-refractivity contribution in [3.63, 3.8) is 0 Å². The van der Waals surface area contributed by atoms with Crippen LogP contribution < -0.4 is 5.43 Å². The Morgan fingerprint density at radius 3 is 2.81 bits per heavy atom. The van der Waals surface area contributed by atoms with Gasteiger partial charge in [0.05, 0.1) is 6.21 Å². The molecule has 0 radical (unpaired) electrons. The zero-order valence-corrected chi connectivity index (χ0v) is 8.76. The van der Waals surface area contributed by atoms with Crippen LogP contribution in [0.4, 0.5) is 0 Å². The monoisotopic (exact) mass is 212 g/mol. The maximum atomic E-state index is 11.6. The zero-order valence-electron chi connectivity index (χ0n) is 8.76. The second kappa shape index (κ2) is 5.07. The highest BCUT2D eigenvalue weighted by Gasteiger charge is 2.01. The van der Waals surface area contributed by atoms with Crippen LogP contribution in [0.25, 0.3) is 0 Å². The number of hydrogen-bond donors (Lipinski definition) is 1. The van der Waals surface area contributed by atoms with E-state index in [0.29, 0.717) is 5.56 Å². The maximum Gasteiger partial charge on any atom is 0.271 e. The van der Waals surface area contributed by atoms with Gasteiger partial charge in [0, 0.05) is 5.56 Å². The number of allylic oxidation sites excluding steroid dienone is 4. The molecule has 0 fully saturated rings. The fourth-order valence-electron chi connectivity index (χ4n) is 1.39. The summed E-state index contributed by atoms with van der Waals surface area (Å²) in [6.45, 7) is 0. The molecule has 0 aliphatic heterocycles. The predicted octanol–water partition coefficient (Wildman–Crippen LogP) is 2.29. The Hall–Kier alpha value is -2.16. The van der Waals surface area contributed by atoms with Crippen LogP contribution in [0.15, 0.2) is 59.2 Å². The highest BCUT2D eigenvalue weighted by atomic mass is 16.2. The minimum Gasteiger partial charge on any atom is -0.267 e. The minimum absolute atomic E-state index is 0.191. The lowest BCUT2D eigenvalue weighted by Gasteiger charge is -1.98. The second-order valence-corrected chi connectivity index (χ2v) is 3.44. The summed E-state index contributed by atoms with van der Waals surface area (Å²) in [5.41, 5.74) is 4.19. The smallest absolute Gasteiger partial charge is 0.267 e. The molecule has 2 rings (SSSR count). The van der Waals surface area contributed by atoms with Gasteiger partial charge in [-0.3, -0.25) is 4.79 Å². The van der Waals surface area contributed by atoms with Crippen molar-refractivity contribution < 1.29 is 4.79 Å². The Morgan fingerprint density at radius 1 is 1.31 bits per heavy atom. The number of carbonyl (C=O) groups is 1. The summed E-state index contributed by atoms with van der Waals surface area (Å²) in [6, 6.07) is 9.02. The fraction of sp³-hybridized carbons (Fsp3) is 0.0769. The number of nitrogens with one attached hydrogen (secondary N) is 1. The third-order valence-electron chi connectivity index (χ3n) is 2.23. The second-order valence-electron chi connectivity index (χ2n) is 3.44. The molecule has 0 atom stereocenters. The van der Waals surface area contributed by atoms with Crippen LogP contribution >= 0.6 is 0 Å². The summed E-state index contributed by atoms with van der Waals surface area (Å²) in [7, 11) is 0. The van der Waals surface area contributed by atoms with E-state index in [0.717, 1.165) is 12.0 Å². The predicted molar refractivity (Wildman–Crippen MR) is 64.2 cm³/mol. The van der Waals surface area contributed by atoms with Gasteiger partial charge in [-0.25, -0.2) is 5.43 Å². The molecule has 0 bridgehead atoms. The van der Waals surface area contributed by atoms with E-state index in [-0.39, 0.29) is 5.91 Å². The van der Waals surface area contributed by atoms with Crippen molar-refractivity contribution in [2.24, 2.45) is 5.10 Å². The van der Waals surface area contributed by atoms with E-state index in [1.807, 2.05) is 36.4 Å². The van der Waals surface area contributed by atoms with Gasteiger partial charge in [-0.05, 0) is 24.1 Å². The molecule has 80 valence electrons. The highest BCUT2D eigenvalue weighted by Crippen LogP contribution is 2.06. The lowest BCUT2D eigenvalue weighted by atomic mass is 10.2. The molecule has 0 saturated heterocycles. The van der Waals surface area contributed by atoms with Crippen LogP contribution in [0.2, 0.25) is 0 Å². The molecule has 0 unspecified atom stereocenters. The van der Waals surface area contributed by atoms with Gasteiger partial charge in [-0.15, -0.1) is 0 Å². The van der Waals surface area contributed by atoms with E-state index in [1.165, 1.54) is 0 Å². The van der Waals surface area contributed by atoms with Crippen LogP contribution in [0.3, 0.4) is 0 Å². The SMILES string of the molecule is O=C(N/N=C/C1=CC=CC1)c1ccccc1. The average Bonchev–Trinajstić information content (AvgIpc) is 2.83. The summed E-state index contributed by atoms with van der Waals surface area (Å²) in [4.78, 5) is 11.6. The van der Waals surface area contributed by atoms with Crippen molar-refractivity contribution in [3.8, 4) is 0 Å². The van der Waals surface area contributed by atoms with Crippen LogP contribution in [0, 0.1) is 0 Å². The van der Waals surface area contributed by atoms with Crippen molar-refractivity contribution in [2.75, 3.05) is 0 Å². The normalized spacial score (nSPS) is 14.1. The Morgan fingerprint density at radius 2 is 2.12 bits per heavy atom. The molecular weight excluding hydrogens is 200 g/mol. The minimum atomic E-state index is -0.191. The van der Waals surface area contributed by atoms with Crippen molar-refractivity contribution >= 4 is 12.1 Å². The average molecular weight is 212 g/mol. The van der Waals surface area contributed by atoms with Crippen LogP contribution in [-0.4, -0.2) is 12.1 Å². The maximum absolute atomic E-state index is 11.6. The van der Waals surface area contributed by atoms with E-state index < -0.39 is 0 Å². The zero-order chi connectivity index (χ0) is 11.2. The molecule has 16 heavy (non-hydrogen) atoms. The molecule has 0 saturated carbocycles. The van der Waals surface area contributed by atoms with Gasteiger partial charge in [0.1, 0.15) is 0 Å². The standard InChI is InChI=1S/C13H12N2O/c16-13(12-8-2-1-3-9-12)15-14-10-11-6-4-5-7-11/h1-6,8-10H,7H2,(H,15,16)/b14-10+. The quantitative estimate of drug-likeness (QED) is 0.606. The number of benzene rings is 1. The molecule has 0 spiro atoms. The van der Waals surface area contributed by atoms with Gasteiger partial charge in [0.15, 0.2) is 0 Å². The fourth-order valence-corrected chi connectivity index (χ4v) is 1.39. The van der Waals surface area contributed by atoms with E-state index in [2.05, 4.69) is 10.5 Å². The molecule has 1 aromatic rings. The Bertz CT molecular complexity index is 458. The van der Waals surface area contributed by atoms with Crippen molar-refractivity contribution in [2.45, 2.75) is 6.42 Å². The van der Waals surface area contributed by atoms with Crippen LogP contribution in [-0.2, 0) is 0 Å². The summed E-state index contributed by atoms with van der Waals surface area (Å²) in [6.07, 6.45) is 8.53. The Balaban J connectivity index is 1.89. The number of hydrazone groups is 1. The third kappa shape index (κ3) is 2.67. The number of amides is 1. The number of carbonyl (C=O) groups excluding carboxylic acids is 1. The first-order valence-electron chi connectivity index (χ1n) is 5.10. The van der Waals surface area contributed by atoms with Crippen molar-refractivity contribution in [1.82, 2.24) is 5.43 Å². The van der Waals surface area contributed by atoms with E-state index in [9.17, 15) is 4.79 Å². The molecule has 1 aliphatic carbocycles. The molecule has 1 amide bonds. The van der Waals surface area contributed by atoms with Gasteiger partial charge in [-0.1, -0.05) is 36.4 Å². The van der Waals surface area contributed by atoms with Crippen LogP contribution in [0.5, 0.6) is 0 Å². The highest BCUT2D eigenvalue weighted by molar-refractivity contribution is 5.94. The first-order chi connectivity index (χ1) is 7.86. The largest absolute Gasteiger partial charge is 0.271 e.